The van der Waals surface area contributed by atoms with Crippen LogP contribution in [0, 0.1) is 6.92 Å². The standard InChI is InChI=1S/C13H15N3O/c1-9-4-3-5-10(6-9)13(14)11-7-12(17-2)16-8-15-11/h3-8,13H,14H2,1-2H3. The number of hydrogen-bond donors (Lipinski definition) is 1. The average molecular weight is 229 g/mol. The van der Waals surface area contributed by atoms with E-state index in [1.807, 2.05) is 25.1 Å². The van der Waals surface area contributed by atoms with E-state index in [0.717, 1.165) is 11.3 Å². The maximum atomic E-state index is 6.16. The smallest absolute Gasteiger partial charge is 0.216 e. The van der Waals surface area contributed by atoms with Gasteiger partial charge in [-0.05, 0) is 12.5 Å². The lowest BCUT2D eigenvalue weighted by atomic mass is 10.0. The third-order valence-corrected chi connectivity index (χ3v) is 2.59. The number of benzene rings is 1. The number of nitrogens with two attached hydrogens (primary N) is 1. The van der Waals surface area contributed by atoms with Crippen LogP contribution in [0.2, 0.25) is 0 Å². The van der Waals surface area contributed by atoms with Gasteiger partial charge >= 0.3 is 0 Å². The van der Waals surface area contributed by atoms with Gasteiger partial charge in [-0.1, -0.05) is 29.8 Å². The Morgan fingerprint density at radius 3 is 2.76 bits per heavy atom. The number of aromatic nitrogens is 2. The lowest BCUT2D eigenvalue weighted by Gasteiger charge is -2.12. The fourth-order valence-corrected chi connectivity index (χ4v) is 1.67. The second-order valence-electron chi connectivity index (χ2n) is 3.88. The summed E-state index contributed by atoms with van der Waals surface area (Å²) in [6, 6.07) is 9.57. The van der Waals surface area contributed by atoms with E-state index in [9.17, 15) is 0 Å². The third-order valence-electron chi connectivity index (χ3n) is 2.59. The zero-order chi connectivity index (χ0) is 12.3. The Morgan fingerprint density at radius 1 is 1.24 bits per heavy atom. The van der Waals surface area contributed by atoms with Gasteiger partial charge in [-0.3, -0.25) is 0 Å². The van der Waals surface area contributed by atoms with Crippen LogP contribution in [0.5, 0.6) is 5.88 Å². The third kappa shape index (κ3) is 2.60. The van der Waals surface area contributed by atoms with Crippen molar-refractivity contribution in [2.45, 2.75) is 13.0 Å². The molecule has 0 spiro atoms. The van der Waals surface area contributed by atoms with E-state index in [4.69, 9.17) is 10.5 Å². The van der Waals surface area contributed by atoms with E-state index in [1.165, 1.54) is 11.9 Å². The molecule has 0 saturated carbocycles. The Labute approximate surface area is 100 Å². The second-order valence-corrected chi connectivity index (χ2v) is 3.88. The lowest BCUT2D eigenvalue weighted by Crippen LogP contribution is -2.14. The lowest BCUT2D eigenvalue weighted by molar-refractivity contribution is 0.395. The molecule has 88 valence electrons. The van der Waals surface area contributed by atoms with E-state index in [-0.39, 0.29) is 6.04 Å². The van der Waals surface area contributed by atoms with Crippen molar-refractivity contribution in [3.8, 4) is 5.88 Å². The Balaban J connectivity index is 2.33. The predicted octanol–water partition coefficient (Wildman–Crippen LogP) is 1.84. The van der Waals surface area contributed by atoms with Gasteiger partial charge in [-0.2, -0.15) is 0 Å². The normalized spacial score (nSPS) is 12.2. The molecule has 0 fully saturated rings. The molecule has 2 rings (SSSR count). The van der Waals surface area contributed by atoms with Gasteiger partial charge in [0.15, 0.2) is 0 Å². The van der Waals surface area contributed by atoms with E-state index >= 15 is 0 Å². The Morgan fingerprint density at radius 2 is 2.06 bits per heavy atom. The molecule has 1 heterocycles. The highest BCUT2D eigenvalue weighted by atomic mass is 16.5. The molecule has 0 saturated heterocycles. The Kier molecular flexibility index (Phi) is 3.35. The van der Waals surface area contributed by atoms with Gasteiger partial charge in [0.2, 0.25) is 5.88 Å². The van der Waals surface area contributed by atoms with E-state index < -0.39 is 0 Å². The van der Waals surface area contributed by atoms with Gasteiger partial charge in [-0.25, -0.2) is 9.97 Å². The summed E-state index contributed by atoms with van der Waals surface area (Å²) in [7, 11) is 1.57. The van der Waals surface area contributed by atoms with Gasteiger partial charge in [0, 0.05) is 6.07 Å². The molecule has 1 atom stereocenters. The summed E-state index contributed by atoms with van der Waals surface area (Å²) in [4.78, 5) is 8.14. The minimum atomic E-state index is -0.258. The first-order valence-electron chi connectivity index (χ1n) is 5.39. The van der Waals surface area contributed by atoms with Gasteiger partial charge in [0.25, 0.3) is 0 Å². The van der Waals surface area contributed by atoms with Crippen molar-refractivity contribution in [3.63, 3.8) is 0 Å². The van der Waals surface area contributed by atoms with Crippen LogP contribution in [-0.4, -0.2) is 17.1 Å². The molecule has 0 aliphatic carbocycles. The molecule has 4 nitrogen and oxygen atoms in total. The monoisotopic (exact) mass is 229 g/mol. The molecule has 4 heteroatoms. The molecule has 1 unspecified atom stereocenters. The fourth-order valence-electron chi connectivity index (χ4n) is 1.67. The molecule has 0 amide bonds. The molecular formula is C13H15N3O. The summed E-state index contributed by atoms with van der Waals surface area (Å²) in [6.45, 7) is 2.04. The zero-order valence-corrected chi connectivity index (χ0v) is 9.92. The summed E-state index contributed by atoms with van der Waals surface area (Å²) < 4.78 is 5.06. The van der Waals surface area contributed by atoms with Gasteiger partial charge < -0.3 is 10.5 Å². The number of aryl methyl sites for hydroxylation is 1. The van der Waals surface area contributed by atoms with Crippen molar-refractivity contribution >= 4 is 0 Å². The van der Waals surface area contributed by atoms with Gasteiger partial charge in [0.05, 0.1) is 18.8 Å². The molecule has 0 aliphatic heterocycles. The second kappa shape index (κ2) is 4.93. The van der Waals surface area contributed by atoms with Crippen LogP contribution in [-0.2, 0) is 0 Å². The molecule has 0 bridgehead atoms. The van der Waals surface area contributed by atoms with E-state index in [2.05, 4.69) is 16.0 Å². The van der Waals surface area contributed by atoms with E-state index in [0.29, 0.717) is 5.88 Å². The van der Waals surface area contributed by atoms with Crippen LogP contribution < -0.4 is 10.5 Å². The number of methoxy groups -OCH3 is 1. The molecule has 0 aliphatic rings. The number of hydrogen-bond acceptors (Lipinski definition) is 4. The maximum absolute atomic E-state index is 6.16. The molecule has 17 heavy (non-hydrogen) atoms. The first-order chi connectivity index (χ1) is 8.20. The molecular weight excluding hydrogens is 214 g/mol. The van der Waals surface area contributed by atoms with Gasteiger partial charge in [0.1, 0.15) is 6.33 Å². The van der Waals surface area contributed by atoms with Crippen LogP contribution in [0.1, 0.15) is 22.9 Å². The number of nitrogens with zero attached hydrogens (tertiary/aromatic N) is 2. The van der Waals surface area contributed by atoms with Crippen LogP contribution >= 0.6 is 0 Å². The zero-order valence-electron chi connectivity index (χ0n) is 9.92. The summed E-state index contributed by atoms with van der Waals surface area (Å²) >= 11 is 0. The summed E-state index contributed by atoms with van der Waals surface area (Å²) in [5, 5.41) is 0. The summed E-state index contributed by atoms with van der Waals surface area (Å²) in [5.41, 5.74) is 9.13. The minimum absolute atomic E-state index is 0.258. The topological polar surface area (TPSA) is 61.0 Å². The van der Waals surface area contributed by atoms with Crippen molar-refractivity contribution in [1.82, 2.24) is 9.97 Å². The van der Waals surface area contributed by atoms with Crippen LogP contribution in [0.4, 0.5) is 0 Å². The van der Waals surface area contributed by atoms with Crippen molar-refractivity contribution in [2.24, 2.45) is 5.73 Å². The summed E-state index contributed by atoms with van der Waals surface area (Å²) in [6.07, 6.45) is 1.46. The van der Waals surface area contributed by atoms with Crippen molar-refractivity contribution < 1.29 is 4.74 Å². The largest absolute Gasteiger partial charge is 0.481 e. The predicted molar refractivity (Wildman–Crippen MR) is 65.8 cm³/mol. The highest BCUT2D eigenvalue weighted by Gasteiger charge is 2.11. The Hall–Kier alpha value is -1.94. The van der Waals surface area contributed by atoms with Crippen molar-refractivity contribution in [2.75, 3.05) is 7.11 Å². The molecule has 2 N–H and O–H groups in total. The van der Waals surface area contributed by atoms with Gasteiger partial charge in [-0.15, -0.1) is 0 Å². The van der Waals surface area contributed by atoms with E-state index in [1.54, 1.807) is 13.2 Å². The van der Waals surface area contributed by atoms with Crippen LogP contribution in [0.25, 0.3) is 0 Å². The summed E-state index contributed by atoms with van der Waals surface area (Å²) in [5.74, 6) is 0.526. The van der Waals surface area contributed by atoms with Crippen molar-refractivity contribution in [1.29, 1.82) is 0 Å². The fraction of sp³-hybridized carbons (Fsp3) is 0.231. The van der Waals surface area contributed by atoms with Crippen molar-refractivity contribution in [3.05, 3.63) is 53.5 Å². The average Bonchev–Trinajstić information content (AvgIpc) is 2.38. The quantitative estimate of drug-likeness (QED) is 0.872. The Bertz CT molecular complexity index is 514. The SMILES string of the molecule is COc1cc(C(N)c2cccc(C)c2)ncn1. The number of ether oxygens (including phenoxy) is 1. The first-order valence-corrected chi connectivity index (χ1v) is 5.39. The first kappa shape index (κ1) is 11.5. The van der Waals surface area contributed by atoms with Crippen LogP contribution in [0.3, 0.4) is 0 Å². The van der Waals surface area contributed by atoms with Crippen LogP contribution in [0.15, 0.2) is 36.7 Å². The number of rotatable bonds is 3. The maximum Gasteiger partial charge on any atom is 0.216 e. The molecule has 1 aromatic carbocycles. The molecule has 2 aromatic rings. The highest BCUT2D eigenvalue weighted by Crippen LogP contribution is 2.20. The molecule has 1 aromatic heterocycles. The minimum Gasteiger partial charge on any atom is -0.481 e. The molecule has 0 radical (unpaired) electrons. The highest BCUT2D eigenvalue weighted by molar-refractivity contribution is 5.31.